The monoisotopic (exact) mass is 116 g/mol. The summed E-state index contributed by atoms with van der Waals surface area (Å²) in [5, 5.41) is 0. The number of rotatable bonds is 0. The zero-order valence-corrected chi connectivity index (χ0v) is 4.05. The van der Waals surface area contributed by atoms with Gasteiger partial charge in [-0.2, -0.15) is 0 Å². The Morgan fingerprint density at radius 1 is 1.12 bits per heavy atom. The minimum absolute atomic E-state index is 0.225. The summed E-state index contributed by atoms with van der Waals surface area (Å²) in [6.45, 7) is -0.225. The highest BCUT2D eigenvalue weighted by molar-refractivity contribution is 5.92. The molecule has 0 aromatic carbocycles. The Kier molecular flexibility index (Phi) is 1.15. The van der Waals surface area contributed by atoms with Gasteiger partial charge in [-0.1, -0.05) is 0 Å². The largest absolute Gasteiger partial charge is 0.427 e. The van der Waals surface area contributed by atoms with Gasteiger partial charge in [-0.25, -0.2) is 0 Å². The summed E-state index contributed by atoms with van der Waals surface area (Å²) in [5.41, 5.74) is 0. The molecule has 1 aliphatic rings. The molecule has 0 amide bonds. The molecule has 0 saturated carbocycles. The predicted molar refractivity (Wildman–Crippen MR) is 21.7 cm³/mol. The maximum absolute atomic E-state index is 10.2. The summed E-state index contributed by atoms with van der Waals surface area (Å²) < 4.78 is 8.53. The van der Waals surface area contributed by atoms with Crippen molar-refractivity contribution >= 4 is 11.9 Å². The lowest BCUT2D eigenvalue weighted by Crippen LogP contribution is -2.22. The first-order valence-corrected chi connectivity index (χ1v) is 2.10. The van der Waals surface area contributed by atoms with Crippen LogP contribution in [0, 0.1) is 0 Å². The summed E-state index contributed by atoms with van der Waals surface area (Å²) in [6, 6.07) is 0. The molecule has 4 nitrogen and oxygen atoms in total. The second kappa shape index (κ2) is 1.81. The van der Waals surface area contributed by atoms with Gasteiger partial charge in [-0.15, -0.1) is 0 Å². The molecule has 0 spiro atoms. The van der Waals surface area contributed by atoms with Crippen LogP contribution in [0.15, 0.2) is 0 Å². The fourth-order valence-electron chi connectivity index (χ4n) is 0.381. The molecule has 1 rings (SSSR count). The Morgan fingerprint density at radius 3 is 1.88 bits per heavy atom. The van der Waals surface area contributed by atoms with Crippen LogP contribution >= 0.6 is 0 Å². The third-order valence-corrected chi connectivity index (χ3v) is 0.729. The Balaban J connectivity index is 2.45. The van der Waals surface area contributed by atoms with E-state index in [9.17, 15) is 9.59 Å². The first-order chi connectivity index (χ1) is 3.79. The molecule has 0 aliphatic carbocycles. The van der Waals surface area contributed by atoms with Crippen LogP contribution in [0.1, 0.15) is 6.42 Å². The average Bonchev–Trinajstić information content (AvgIpc) is 1.64. The van der Waals surface area contributed by atoms with Gasteiger partial charge in [0.2, 0.25) is 6.79 Å². The normalized spacial score (nSPS) is 19.5. The lowest BCUT2D eigenvalue weighted by atomic mass is 10.4. The molecule has 1 aliphatic heterocycles. The minimum atomic E-state index is -0.513. The molecule has 0 aromatic rings. The summed E-state index contributed by atoms with van der Waals surface area (Å²) >= 11 is 0. The highest BCUT2D eigenvalue weighted by atomic mass is 16.7. The van der Waals surface area contributed by atoms with Gasteiger partial charge in [0, 0.05) is 0 Å². The van der Waals surface area contributed by atoms with E-state index < -0.39 is 11.9 Å². The first kappa shape index (κ1) is 5.08. The van der Waals surface area contributed by atoms with Crippen molar-refractivity contribution in [3.63, 3.8) is 0 Å². The van der Waals surface area contributed by atoms with E-state index in [0.717, 1.165) is 0 Å². The van der Waals surface area contributed by atoms with E-state index in [0.29, 0.717) is 0 Å². The number of esters is 2. The van der Waals surface area contributed by atoms with Crippen LogP contribution < -0.4 is 0 Å². The van der Waals surface area contributed by atoms with Crippen molar-refractivity contribution in [3.8, 4) is 0 Å². The van der Waals surface area contributed by atoms with Gasteiger partial charge in [0.1, 0.15) is 6.42 Å². The molecule has 0 bridgehead atoms. The van der Waals surface area contributed by atoms with E-state index in [2.05, 4.69) is 9.47 Å². The molecule has 44 valence electrons. The van der Waals surface area contributed by atoms with E-state index in [1.54, 1.807) is 0 Å². The number of carbonyl (C=O) groups excluding carboxylic acids is 2. The van der Waals surface area contributed by atoms with Crippen molar-refractivity contribution in [2.24, 2.45) is 0 Å². The summed E-state index contributed by atoms with van der Waals surface area (Å²) in [7, 11) is 0. The fraction of sp³-hybridized carbons (Fsp3) is 0.500. The highest BCUT2D eigenvalue weighted by Gasteiger charge is 2.17. The van der Waals surface area contributed by atoms with Gasteiger partial charge in [0.15, 0.2) is 0 Å². The fourth-order valence-corrected chi connectivity index (χ4v) is 0.381. The summed E-state index contributed by atoms with van der Waals surface area (Å²) in [4.78, 5) is 20.3. The molecule has 1 fully saturated rings. The van der Waals surface area contributed by atoms with E-state index in [1.165, 1.54) is 0 Å². The van der Waals surface area contributed by atoms with Crippen LogP contribution in [0.25, 0.3) is 0 Å². The van der Waals surface area contributed by atoms with Crippen molar-refractivity contribution in [1.29, 1.82) is 0 Å². The molecule has 4 heteroatoms. The van der Waals surface area contributed by atoms with Crippen LogP contribution in [-0.2, 0) is 19.1 Å². The van der Waals surface area contributed by atoms with Gasteiger partial charge in [-0.3, -0.25) is 9.59 Å². The zero-order chi connectivity index (χ0) is 5.98. The molecule has 0 aromatic heterocycles. The second-order valence-corrected chi connectivity index (χ2v) is 1.33. The van der Waals surface area contributed by atoms with E-state index in [1.807, 2.05) is 0 Å². The van der Waals surface area contributed by atoms with Crippen LogP contribution in [0.5, 0.6) is 0 Å². The Hall–Kier alpha value is -1.06. The summed E-state index contributed by atoms with van der Waals surface area (Å²) in [5.74, 6) is -1.03. The number of cyclic esters (lactones) is 2. The van der Waals surface area contributed by atoms with Gasteiger partial charge < -0.3 is 9.47 Å². The van der Waals surface area contributed by atoms with Gasteiger partial charge in [0.05, 0.1) is 0 Å². The van der Waals surface area contributed by atoms with Crippen LogP contribution in [-0.4, -0.2) is 18.7 Å². The molecule has 0 N–H and O–H groups in total. The van der Waals surface area contributed by atoms with Crippen molar-refractivity contribution in [3.05, 3.63) is 0 Å². The van der Waals surface area contributed by atoms with Crippen LogP contribution in [0.4, 0.5) is 0 Å². The third-order valence-electron chi connectivity index (χ3n) is 0.729. The Morgan fingerprint density at radius 2 is 1.62 bits per heavy atom. The maximum Gasteiger partial charge on any atom is 0.320 e. The zero-order valence-electron chi connectivity index (χ0n) is 4.05. The smallest absolute Gasteiger partial charge is 0.320 e. The molecular formula is C4H4O4. The van der Waals surface area contributed by atoms with E-state index in [-0.39, 0.29) is 13.2 Å². The quantitative estimate of drug-likeness (QED) is 0.314. The van der Waals surface area contributed by atoms with Gasteiger partial charge in [-0.05, 0) is 0 Å². The van der Waals surface area contributed by atoms with E-state index >= 15 is 0 Å². The van der Waals surface area contributed by atoms with Gasteiger partial charge in [0.25, 0.3) is 0 Å². The lowest BCUT2D eigenvalue weighted by molar-refractivity contribution is -0.181. The first-order valence-electron chi connectivity index (χ1n) is 2.10. The molecule has 0 radical (unpaired) electrons. The Labute approximate surface area is 45.4 Å². The molecular weight excluding hydrogens is 112 g/mol. The van der Waals surface area contributed by atoms with Crippen molar-refractivity contribution < 1.29 is 19.1 Å². The SMILES string of the molecule is O=C1CC(=O)OCO1. The molecule has 0 atom stereocenters. The second-order valence-electron chi connectivity index (χ2n) is 1.33. The van der Waals surface area contributed by atoms with Crippen LogP contribution in [0.2, 0.25) is 0 Å². The Bertz CT molecular complexity index is 114. The molecule has 0 unspecified atom stereocenters. The number of ether oxygens (including phenoxy) is 2. The van der Waals surface area contributed by atoms with Crippen molar-refractivity contribution in [2.45, 2.75) is 6.42 Å². The van der Waals surface area contributed by atoms with Crippen molar-refractivity contribution in [2.75, 3.05) is 6.79 Å². The lowest BCUT2D eigenvalue weighted by Gasteiger charge is -2.09. The minimum Gasteiger partial charge on any atom is -0.427 e. The summed E-state index contributed by atoms with van der Waals surface area (Å²) in [6.07, 6.45) is -0.250. The average molecular weight is 116 g/mol. The third kappa shape index (κ3) is 0.959. The molecule has 1 heterocycles. The van der Waals surface area contributed by atoms with Crippen molar-refractivity contribution in [1.82, 2.24) is 0 Å². The number of hydrogen-bond donors (Lipinski definition) is 0. The van der Waals surface area contributed by atoms with Crippen LogP contribution in [0.3, 0.4) is 0 Å². The number of hydrogen-bond acceptors (Lipinski definition) is 4. The standard InChI is InChI=1S/C4H4O4/c5-3-1-4(6)8-2-7-3/h1-2H2. The molecule has 1 saturated heterocycles. The van der Waals surface area contributed by atoms with Gasteiger partial charge >= 0.3 is 11.9 Å². The van der Waals surface area contributed by atoms with E-state index in [4.69, 9.17) is 0 Å². The predicted octanol–water partition coefficient (Wildman–Crippen LogP) is -0.566. The maximum atomic E-state index is 10.2. The number of carbonyl (C=O) groups is 2. The highest BCUT2D eigenvalue weighted by Crippen LogP contribution is 1.97. The topological polar surface area (TPSA) is 52.6 Å². The molecule has 8 heavy (non-hydrogen) atoms.